The van der Waals surface area contributed by atoms with Crippen LogP contribution in [0.4, 0.5) is 5.69 Å². The molecular formula is C17H15NO4. The predicted octanol–water partition coefficient (Wildman–Crippen LogP) is 1.78. The van der Waals surface area contributed by atoms with Crippen LogP contribution in [0.2, 0.25) is 0 Å². The first-order valence-electron chi connectivity index (χ1n) is 7.36. The third-order valence-corrected chi connectivity index (χ3v) is 5.00. The average Bonchev–Trinajstić information content (AvgIpc) is 3.21. The van der Waals surface area contributed by atoms with Crippen molar-refractivity contribution >= 4 is 23.5 Å². The van der Waals surface area contributed by atoms with E-state index in [1.165, 1.54) is 18.1 Å². The third kappa shape index (κ3) is 1.62. The fourth-order valence-corrected chi connectivity index (χ4v) is 4.05. The van der Waals surface area contributed by atoms with E-state index in [9.17, 15) is 14.4 Å². The van der Waals surface area contributed by atoms with Crippen LogP contribution in [0, 0.1) is 23.7 Å². The van der Waals surface area contributed by atoms with Crippen molar-refractivity contribution in [3.8, 4) is 0 Å². The molecule has 0 N–H and O–H groups in total. The van der Waals surface area contributed by atoms with Gasteiger partial charge >= 0.3 is 5.97 Å². The third-order valence-electron chi connectivity index (χ3n) is 5.00. The Bertz CT molecular complexity index is 693. The highest BCUT2D eigenvalue weighted by Crippen LogP contribution is 2.53. The summed E-state index contributed by atoms with van der Waals surface area (Å²) < 4.78 is 4.69. The fourth-order valence-electron chi connectivity index (χ4n) is 4.05. The summed E-state index contributed by atoms with van der Waals surface area (Å²) in [6.45, 7) is 0. The number of carbonyl (C=O) groups is 3. The van der Waals surface area contributed by atoms with Gasteiger partial charge in [0.15, 0.2) is 0 Å². The molecule has 3 aliphatic rings. The largest absolute Gasteiger partial charge is 0.465 e. The number of rotatable bonds is 2. The lowest BCUT2D eigenvalue weighted by Gasteiger charge is -2.17. The van der Waals surface area contributed by atoms with Crippen molar-refractivity contribution in [3.05, 3.63) is 42.0 Å². The second-order valence-electron chi connectivity index (χ2n) is 6.05. The minimum atomic E-state index is -0.483. The van der Waals surface area contributed by atoms with Crippen molar-refractivity contribution in [2.45, 2.75) is 6.42 Å². The van der Waals surface area contributed by atoms with Gasteiger partial charge in [-0.3, -0.25) is 9.59 Å². The van der Waals surface area contributed by atoms with Gasteiger partial charge in [-0.1, -0.05) is 18.2 Å². The van der Waals surface area contributed by atoms with Crippen molar-refractivity contribution < 1.29 is 19.1 Å². The number of imide groups is 1. The molecule has 2 fully saturated rings. The number of nitrogens with zero attached hydrogens (tertiary/aromatic N) is 1. The highest BCUT2D eigenvalue weighted by atomic mass is 16.5. The molecule has 2 bridgehead atoms. The molecular weight excluding hydrogens is 282 g/mol. The van der Waals surface area contributed by atoms with Gasteiger partial charge in [0.25, 0.3) is 0 Å². The Morgan fingerprint density at radius 1 is 1.14 bits per heavy atom. The summed E-state index contributed by atoms with van der Waals surface area (Å²) in [6.07, 6.45) is 5.03. The number of fused-ring (bicyclic) bond motifs is 5. The predicted molar refractivity (Wildman–Crippen MR) is 78.0 cm³/mol. The van der Waals surface area contributed by atoms with Crippen LogP contribution < -0.4 is 4.90 Å². The van der Waals surface area contributed by atoms with Crippen LogP contribution in [0.1, 0.15) is 16.8 Å². The molecule has 1 aromatic rings. The number of carbonyl (C=O) groups excluding carboxylic acids is 3. The van der Waals surface area contributed by atoms with Crippen molar-refractivity contribution in [2.75, 3.05) is 12.0 Å². The lowest BCUT2D eigenvalue weighted by Crippen LogP contribution is -2.33. The van der Waals surface area contributed by atoms with Crippen LogP contribution in [-0.4, -0.2) is 24.9 Å². The molecule has 1 saturated heterocycles. The molecule has 1 heterocycles. The topological polar surface area (TPSA) is 63.7 Å². The van der Waals surface area contributed by atoms with E-state index >= 15 is 0 Å². The average molecular weight is 297 g/mol. The summed E-state index contributed by atoms with van der Waals surface area (Å²) >= 11 is 0. The summed E-state index contributed by atoms with van der Waals surface area (Å²) in [5.41, 5.74) is 0.783. The number of ether oxygens (including phenoxy) is 1. The monoisotopic (exact) mass is 297 g/mol. The minimum Gasteiger partial charge on any atom is -0.465 e. The number of amides is 2. The highest BCUT2D eigenvalue weighted by Gasteiger charge is 2.59. The Balaban J connectivity index is 1.71. The molecule has 22 heavy (non-hydrogen) atoms. The number of hydrogen-bond donors (Lipinski definition) is 0. The summed E-state index contributed by atoms with van der Waals surface area (Å²) in [5.74, 6) is -0.875. The standard InChI is InChI=1S/C17H15NO4/c1-22-17(21)11-3-2-4-12(8-11)18-15(19)13-9-5-6-10(7-9)14(13)16(18)20/h2-6,8-10,13-14H,7H2,1H3/t9-,10+,13-,14+. The van der Waals surface area contributed by atoms with E-state index in [-0.39, 0.29) is 35.5 Å². The van der Waals surface area contributed by atoms with Gasteiger partial charge in [-0.25, -0.2) is 9.69 Å². The maximum atomic E-state index is 12.7. The summed E-state index contributed by atoms with van der Waals surface area (Å²) in [6, 6.07) is 6.48. The smallest absolute Gasteiger partial charge is 0.337 e. The van der Waals surface area contributed by atoms with Crippen LogP contribution in [0.3, 0.4) is 0 Å². The second-order valence-corrected chi connectivity index (χ2v) is 6.05. The Labute approximate surface area is 127 Å². The zero-order chi connectivity index (χ0) is 15.4. The number of esters is 1. The van der Waals surface area contributed by atoms with Crippen molar-refractivity contribution in [1.82, 2.24) is 0 Å². The molecule has 1 aliphatic heterocycles. The molecule has 4 rings (SSSR count). The van der Waals surface area contributed by atoms with E-state index in [0.29, 0.717) is 11.3 Å². The molecule has 2 amide bonds. The van der Waals surface area contributed by atoms with Crippen LogP contribution in [0.5, 0.6) is 0 Å². The summed E-state index contributed by atoms with van der Waals surface area (Å²) in [5, 5.41) is 0. The molecule has 112 valence electrons. The van der Waals surface area contributed by atoms with Gasteiger partial charge in [-0.05, 0) is 36.5 Å². The van der Waals surface area contributed by atoms with Gasteiger partial charge in [-0.15, -0.1) is 0 Å². The maximum absolute atomic E-state index is 12.7. The lowest BCUT2D eigenvalue weighted by molar-refractivity contribution is -0.123. The first kappa shape index (κ1) is 13.2. The van der Waals surface area contributed by atoms with Gasteiger partial charge in [0.2, 0.25) is 11.8 Å². The van der Waals surface area contributed by atoms with E-state index in [4.69, 9.17) is 0 Å². The second kappa shape index (κ2) is 4.53. The van der Waals surface area contributed by atoms with E-state index < -0.39 is 5.97 Å². The van der Waals surface area contributed by atoms with Crippen molar-refractivity contribution in [1.29, 1.82) is 0 Å². The zero-order valence-corrected chi connectivity index (χ0v) is 12.1. The van der Waals surface area contributed by atoms with Crippen LogP contribution >= 0.6 is 0 Å². The number of allylic oxidation sites excluding steroid dienone is 2. The molecule has 0 unspecified atom stereocenters. The Morgan fingerprint density at radius 2 is 1.77 bits per heavy atom. The first-order chi connectivity index (χ1) is 10.6. The van der Waals surface area contributed by atoms with Crippen LogP contribution in [0.15, 0.2) is 36.4 Å². The zero-order valence-electron chi connectivity index (χ0n) is 12.1. The Hall–Kier alpha value is -2.43. The number of hydrogen-bond acceptors (Lipinski definition) is 4. The van der Waals surface area contributed by atoms with E-state index in [2.05, 4.69) is 16.9 Å². The minimum absolute atomic E-state index is 0.145. The molecule has 2 aliphatic carbocycles. The quantitative estimate of drug-likeness (QED) is 0.474. The summed E-state index contributed by atoms with van der Waals surface area (Å²) in [7, 11) is 1.30. The molecule has 0 spiro atoms. The molecule has 0 aromatic heterocycles. The van der Waals surface area contributed by atoms with E-state index in [1.807, 2.05) is 0 Å². The van der Waals surface area contributed by atoms with E-state index in [1.54, 1.807) is 18.2 Å². The molecule has 4 atom stereocenters. The van der Waals surface area contributed by atoms with Crippen molar-refractivity contribution in [3.63, 3.8) is 0 Å². The SMILES string of the molecule is COC(=O)c1cccc(N2C(=O)[C@@H]3[C@H](C2=O)[C@@H]2C=C[C@H]3C2)c1. The molecule has 0 radical (unpaired) electrons. The van der Waals surface area contributed by atoms with Crippen LogP contribution in [-0.2, 0) is 14.3 Å². The molecule has 5 nitrogen and oxygen atoms in total. The fraction of sp³-hybridized carbons (Fsp3) is 0.353. The number of benzene rings is 1. The molecule has 1 saturated carbocycles. The summed E-state index contributed by atoms with van der Waals surface area (Å²) in [4.78, 5) is 38.3. The lowest BCUT2D eigenvalue weighted by atomic mass is 9.85. The molecule has 1 aromatic carbocycles. The van der Waals surface area contributed by atoms with Gasteiger partial charge in [0.1, 0.15) is 0 Å². The normalized spacial score (nSPS) is 31.8. The number of anilines is 1. The van der Waals surface area contributed by atoms with Gasteiger partial charge in [0, 0.05) is 0 Å². The Morgan fingerprint density at radius 3 is 2.36 bits per heavy atom. The van der Waals surface area contributed by atoms with Gasteiger partial charge in [0.05, 0.1) is 30.2 Å². The van der Waals surface area contributed by atoms with Crippen molar-refractivity contribution in [2.24, 2.45) is 23.7 Å². The maximum Gasteiger partial charge on any atom is 0.337 e. The first-order valence-corrected chi connectivity index (χ1v) is 7.36. The number of methoxy groups -OCH3 is 1. The van der Waals surface area contributed by atoms with E-state index in [0.717, 1.165) is 6.42 Å². The van der Waals surface area contributed by atoms with Gasteiger partial charge < -0.3 is 4.74 Å². The Kier molecular flexibility index (Phi) is 2.73. The van der Waals surface area contributed by atoms with Crippen LogP contribution in [0.25, 0.3) is 0 Å². The van der Waals surface area contributed by atoms with Gasteiger partial charge in [-0.2, -0.15) is 0 Å². The highest BCUT2D eigenvalue weighted by molar-refractivity contribution is 6.23. The molecule has 5 heteroatoms.